The van der Waals surface area contributed by atoms with E-state index in [1.165, 1.54) is 0 Å². The maximum absolute atomic E-state index is 6.14. The number of rotatable bonds is 2. The van der Waals surface area contributed by atoms with Gasteiger partial charge in [-0.2, -0.15) is 4.98 Å². The number of nitrogens with one attached hydrogen (secondary N) is 1. The highest BCUT2D eigenvalue weighted by atomic mass is 35.5. The molecule has 0 unspecified atom stereocenters. The number of anilines is 2. The minimum atomic E-state index is 0.00290. The molecule has 0 spiro atoms. The average molecular weight is 327 g/mol. The van der Waals surface area contributed by atoms with Crippen LogP contribution in [0, 0.1) is 0 Å². The summed E-state index contributed by atoms with van der Waals surface area (Å²) in [6.07, 6.45) is 1.68. The summed E-state index contributed by atoms with van der Waals surface area (Å²) in [6, 6.07) is 7.23. The molecule has 0 aliphatic heterocycles. The van der Waals surface area contributed by atoms with Crippen molar-refractivity contribution >= 4 is 57.2 Å². The molecule has 0 aliphatic rings. The summed E-state index contributed by atoms with van der Waals surface area (Å²) in [6.45, 7) is 0. The molecule has 8 heteroatoms. The molecular formula is C12H6Cl3N5. The molecule has 1 aromatic carbocycles. The molecule has 2 heterocycles. The van der Waals surface area contributed by atoms with E-state index in [2.05, 4.69) is 25.5 Å². The van der Waals surface area contributed by atoms with Gasteiger partial charge in [-0.1, -0.05) is 23.2 Å². The number of pyridine rings is 1. The third-order valence-corrected chi connectivity index (χ3v) is 3.33. The van der Waals surface area contributed by atoms with Gasteiger partial charge in [0.25, 0.3) is 0 Å². The van der Waals surface area contributed by atoms with Crippen LogP contribution in [0.15, 0.2) is 30.5 Å². The van der Waals surface area contributed by atoms with Gasteiger partial charge in [0.1, 0.15) is 0 Å². The summed E-state index contributed by atoms with van der Waals surface area (Å²) in [7, 11) is 0. The van der Waals surface area contributed by atoms with Crippen LogP contribution < -0.4 is 5.32 Å². The second-order valence-corrected chi connectivity index (χ2v) is 4.94. The summed E-state index contributed by atoms with van der Waals surface area (Å²) < 4.78 is 0. The number of halogens is 3. The van der Waals surface area contributed by atoms with E-state index in [4.69, 9.17) is 34.8 Å². The van der Waals surface area contributed by atoms with Gasteiger partial charge in [-0.15, -0.1) is 10.2 Å². The van der Waals surface area contributed by atoms with Crippen molar-refractivity contribution in [1.29, 1.82) is 0 Å². The fourth-order valence-electron chi connectivity index (χ4n) is 1.74. The van der Waals surface area contributed by atoms with Gasteiger partial charge < -0.3 is 5.32 Å². The van der Waals surface area contributed by atoms with Crippen molar-refractivity contribution in [2.75, 3.05) is 5.32 Å². The van der Waals surface area contributed by atoms with Crippen molar-refractivity contribution in [3.8, 4) is 0 Å². The molecule has 0 aliphatic carbocycles. The monoisotopic (exact) mass is 325 g/mol. The lowest BCUT2D eigenvalue weighted by Crippen LogP contribution is -2.00. The molecule has 3 rings (SSSR count). The summed E-state index contributed by atoms with van der Waals surface area (Å²) in [5.74, 6) is 0.306. The first-order valence-electron chi connectivity index (χ1n) is 5.51. The Morgan fingerprint density at radius 2 is 1.85 bits per heavy atom. The molecule has 1 N–H and O–H groups in total. The van der Waals surface area contributed by atoms with Crippen molar-refractivity contribution in [1.82, 2.24) is 20.2 Å². The van der Waals surface area contributed by atoms with E-state index in [0.29, 0.717) is 22.0 Å². The van der Waals surface area contributed by atoms with Gasteiger partial charge in [0, 0.05) is 11.6 Å². The van der Waals surface area contributed by atoms with Crippen LogP contribution in [0.5, 0.6) is 0 Å². The van der Waals surface area contributed by atoms with E-state index < -0.39 is 0 Å². The maximum Gasteiger partial charge on any atom is 0.245 e. The van der Waals surface area contributed by atoms with Gasteiger partial charge >= 0.3 is 0 Å². The van der Waals surface area contributed by atoms with Crippen LogP contribution >= 0.6 is 34.8 Å². The molecule has 0 amide bonds. The van der Waals surface area contributed by atoms with E-state index >= 15 is 0 Å². The van der Waals surface area contributed by atoms with Gasteiger partial charge in [0.05, 0.1) is 16.2 Å². The van der Waals surface area contributed by atoms with Crippen LogP contribution in [0.2, 0.25) is 15.5 Å². The quantitative estimate of drug-likeness (QED) is 0.767. The number of nitrogens with zero attached hydrogens (tertiary/aromatic N) is 4. The molecule has 0 radical (unpaired) electrons. The van der Waals surface area contributed by atoms with Crippen LogP contribution in [0.4, 0.5) is 11.5 Å². The van der Waals surface area contributed by atoms with Crippen molar-refractivity contribution in [3.05, 3.63) is 45.9 Å². The molecule has 100 valence electrons. The average Bonchev–Trinajstić information content (AvgIpc) is 2.46. The third-order valence-electron chi connectivity index (χ3n) is 2.59. The zero-order valence-electron chi connectivity index (χ0n) is 9.81. The van der Waals surface area contributed by atoms with Crippen molar-refractivity contribution in [2.45, 2.75) is 0 Å². The number of hydrogen-bond acceptors (Lipinski definition) is 5. The molecule has 2 aromatic heterocycles. The van der Waals surface area contributed by atoms with Gasteiger partial charge in [-0.3, -0.25) is 4.98 Å². The number of aromatic nitrogens is 4. The minimum absolute atomic E-state index is 0.00290. The Morgan fingerprint density at radius 1 is 1.00 bits per heavy atom. The highest BCUT2D eigenvalue weighted by Crippen LogP contribution is 2.31. The molecule has 0 saturated heterocycles. The predicted octanol–water partition coefficient (Wildman–Crippen LogP) is 4.12. The lowest BCUT2D eigenvalue weighted by Gasteiger charge is -2.09. The van der Waals surface area contributed by atoms with Crippen LogP contribution in [0.3, 0.4) is 0 Å². The van der Waals surface area contributed by atoms with Crippen molar-refractivity contribution in [3.63, 3.8) is 0 Å². The van der Waals surface area contributed by atoms with Crippen LogP contribution in [-0.4, -0.2) is 20.2 Å². The van der Waals surface area contributed by atoms with Crippen LogP contribution in [-0.2, 0) is 0 Å². The number of benzene rings is 1. The van der Waals surface area contributed by atoms with Crippen LogP contribution in [0.25, 0.3) is 10.9 Å². The van der Waals surface area contributed by atoms with E-state index in [0.717, 1.165) is 5.39 Å². The summed E-state index contributed by atoms with van der Waals surface area (Å²) >= 11 is 17.8. The fourth-order valence-corrected chi connectivity index (χ4v) is 2.20. The molecule has 0 bridgehead atoms. The molecule has 20 heavy (non-hydrogen) atoms. The Bertz CT molecular complexity index is 793. The van der Waals surface area contributed by atoms with Crippen LogP contribution in [0.1, 0.15) is 0 Å². The lowest BCUT2D eigenvalue weighted by molar-refractivity contribution is 0.975. The Kier molecular flexibility index (Phi) is 3.56. The predicted molar refractivity (Wildman–Crippen MR) is 79.9 cm³/mol. The zero-order chi connectivity index (χ0) is 14.1. The molecule has 0 saturated carbocycles. The molecule has 0 atom stereocenters. The first-order chi connectivity index (χ1) is 9.65. The largest absolute Gasteiger partial charge is 0.336 e. The van der Waals surface area contributed by atoms with E-state index in [1.807, 2.05) is 12.1 Å². The summed E-state index contributed by atoms with van der Waals surface area (Å²) in [5, 5.41) is 11.8. The SMILES string of the molecule is Clc1nnc(Cl)c(Nc2ccc(Cl)c3cccnc23)n1. The lowest BCUT2D eigenvalue weighted by atomic mass is 10.2. The maximum atomic E-state index is 6.14. The highest BCUT2D eigenvalue weighted by molar-refractivity contribution is 6.36. The molecule has 0 fully saturated rings. The topological polar surface area (TPSA) is 63.6 Å². The van der Waals surface area contributed by atoms with E-state index in [9.17, 15) is 0 Å². The number of hydrogen-bond donors (Lipinski definition) is 1. The summed E-state index contributed by atoms with van der Waals surface area (Å²) in [4.78, 5) is 8.29. The van der Waals surface area contributed by atoms with E-state index in [-0.39, 0.29) is 10.4 Å². The second-order valence-electron chi connectivity index (χ2n) is 3.84. The Morgan fingerprint density at radius 3 is 2.70 bits per heavy atom. The Labute approximate surface area is 128 Å². The molecule has 5 nitrogen and oxygen atoms in total. The molecule has 3 aromatic rings. The minimum Gasteiger partial charge on any atom is -0.336 e. The second kappa shape index (κ2) is 5.36. The Hall–Kier alpha value is -1.69. The van der Waals surface area contributed by atoms with Gasteiger partial charge in [0.15, 0.2) is 11.0 Å². The first-order valence-corrected chi connectivity index (χ1v) is 6.64. The zero-order valence-corrected chi connectivity index (χ0v) is 12.1. The summed E-state index contributed by atoms with van der Waals surface area (Å²) in [5.41, 5.74) is 1.40. The fraction of sp³-hybridized carbons (Fsp3) is 0. The van der Waals surface area contributed by atoms with Gasteiger partial charge in [-0.25, -0.2) is 0 Å². The standard InChI is InChI=1S/C12H6Cl3N5/c13-7-3-4-8(9-6(7)2-1-5-16-9)17-11-10(14)19-20-12(15)18-11/h1-5H,(H,17,18,20). The van der Waals surface area contributed by atoms with E-state index in [1.54, 1.807) is 18.3 Å². The van der Waals surface area contributed by atoms with Gasteiger partial charge in [-0.05, 0) is 35.9 Å². The van der Waals surface area contributed by atoms with Gasteiger partial charge in [0.2, 0.25) is 5.28 Å². The van der Waals surface area contributed by atoms with Crippen molar-refractivity contribution < 1.29 is 0 Å². The normalized spacial score (nSPS) is 10.8. The first kappa shape index (κ1) is 13.3. The third kappa shape index (κ3) is 2.47. The highest BCUT2D eigenvalue weighted by Gasteiger charge is 2.10. The smallest absolute Gasteiger partial charge is 0.245 e. The van der Waals surface area contributed by atoms with Crippen molar-refractivity contribution in [2.24, 2.45) is 0 Å². The number of fused-ring (bicyclic) bond motifs is 1. The molecular weight excluding hydrogens is 321 g/mol. The Balaban J connectivity index is 2.11.